The molecule has 1 aromatic carbocycles. The van der Waals surface area contributed by atoms with Gasteiger partial charge in [-0.3, -0.25) is 9.78 Å². The number of aromatic nitrogens is 2. The molecule has 0 aliphatic rings. The van der Waals surface area contributed by atoms with E-state index in [4.69, 9.17) is 0 Å². The summed E-state index contributed by atoms with van der Waals surface area (Å²) in [5.74, 6) is 0. The number of hydrogen-bond acceptors (Lipinski definition) is 2. The van der Waals surface area contributed by atoms with Crippen molar-refractivity contribution >= 4 is 0 Å². The maximum absolute atomic E-state index is 11.5. The molecule has 0 aliphatic carbocycles. The molecule has 1 N–H and O–H groups in total. The van der Waals surface area contributed by atoms with Gasteiger partial charge >= 0.3 is 5.69 Å². The Balaban J connectivity index is 1.86. The molecule has 2 rings (SSSR count). The first-order valence-corrected chi connectivity index (χ1v) is 6.51. The number of aromatic amines is 1. The predicted molar refractivity (Wildman–Crippen MR) is 75.4 cm³/mol. The Morgan fingerprint density at radius 1 is 1.11 bits per heavy atom. The van der Waals surface area contributed by atoms with E-state index in [0.29, 0.717) is 6.54 Å². The Bertz CT molecular complexity index is 655. The Labute approximate surface area is 111 Å². The number of benzene rings is 1. The largest absolute Gasteiger partial charge is 0.328 e. The van der Waals surface area contributed by atoms with Crippen molar-refractivity contribution in [1.29, 1.82) is 0 Å². The number of nitrogens with one attached hydrogen (secondary N) is 1. The molecule has 19 heavy (non-hydrogen) atoms. The molecule has 0 amide bonds. The Kier molecular flexibility index (Phi) is 4.34. The van der Waals surface area contributed by atoms with Crippen LogP contribution in [0.1, 0.15) is 24.0 Å². The lowest BCUT2D eigenvalue weighted by Gasteiger charge is -2.06. The van der Waals surface area contributed by atoms with E-state index >= 15 is 0 Å². The molecular weight excluding hydrogens is 240 g/mol. The normalized spacial score (nSPS) is 10.6. The van der Waals surface area contributed by atoms with E-state index in [1.54, 1.807) is 10.8 Å². The van der Waals surface area contributed by atoms with Crippen LogP contribution in [0, 0.1) is 6.92 Å². The van der Waals surface area contributed by atoms with Crippen molar-refractivity contribution in [1.82, 2.24) is 9.55 Å². The average Bonchev–Trinajstić information content (AvgIpc) is 2.38. The highest BCUT2D eigenvalue weighted by atomic mass is 16.2. The summed E-state index contributed by atoms with van der Waals surface area (Å²) in [6.07, 6.45) is 4.51. The maximum Gasteiger partial charge on any atom is 0.328 e. The van der Waals surface area contributed by atoms with Crippen LogP contribution < -0.4 is 11.2 Å². The number of unbranched alkanes of at least 4 members (excludes halogenated alkanes) is 1. The van der Waals surface area contributed by atoms with Crippen molar-refractivity contribution in [2.24, 2.45) is 0 Å². The number of hydrogen-bond donors (Lipinski definition) is 1. The lowest BCUT2D eigenvalue weighted by Crippen LogP contribution is -2.28. The summed E-state index contributed by atoms with van der Waals surface area (Å²) in [6.45, 7) is 2.75. The van der Waals surface area contributed by atoms with Gasteiger partial charge < -0.3 is 4.57 Å². The van der Waals surface area contributed by atoms with Crippen LogP contribution in [0.15, 0.2) is 46.1 Å². The number of nitrogens with zero attached hydrogens (tertiary/aromatic N) is 1. The summed E-state index contributed by atoms with van der Waals surface area (Å²) >= 11 is 0. The third-order valence-electron chi connectivity index (χ3n) is 3.25. The summed E-state index contributed by atoms with van der Waals surface area (Å²) in [5.41, 5.74) is 1.99. The molecule has 0 spiro atoms. The molecule has 1 heterocycles. The van der Waals surface area contributed by atoms with Gasteiger partial charge in [0.25, 0.3) is 5.56 Å². The van der Waals surface area contributed by atoms with Crippen LogP contribution in [0.5, 0.6) is 0 Å². The molecule has 0 saturated carbocycles. The molecule has 0 aliphatic heterocycles. The van der Waals surface area contributed by atoms with Crippen molar-refractivity contribution in [3.8, 4) is 0 Å². The van der Waals surface area contributed by atoms with Crippen molar-refractivity contribution in [3.63, 3.8) is 0 Å². The molecule has 0 radical (unpaired) electrons. The summed E-state index contributed by atoms with van der Waals surface area (Å²) in [6, 6.07) is 9.72. The van der Waals surface area contributed by atoms with Gasteiger partial charge in [-0.25, -0.2) is 4.79 Å². The fourth-order valence-electron chi connectivity index (χ4n) is 2.11. The SMILES string of the molecule is Cc1ccccc1CCCCn1ccc(=O)[nH]c1=O. The highest BCUT2D eigenvalue weighted by molar-refractivity contribution is 5.25. The van der Waals surface area contributed by atoms with Gasteiger partial charge in [0.1, 0.15) is 0 Å². The van der Waals surface area contributed by atoms with Crippen LogP contribution in [-0.4, -0.2) is 9.55 Å². The smallest absolute Gasteiger partial charge is 0.301 e. The van der Waals surface area contributed by atoms with Crippen molar-refractivity contribution < 1.29 is 0 Å². The van der Waals surface area contributed by atoms with E-state index in [2.05, 4.69) is 30.1 Å². The van der Waals surface area contributed by atoms with Gasteiger partial charge in [0, 0.05) is 18.8 Å². The fraction of sp³-hybridized carbons (Fsp3) is 0.333. The number of aryl methyl sites for hydroxylation is 3. The molecule has 4 nitrogen and oxygen atoms in total. The minimum Gasteiger partial charge on any atom is -0.301 e. The van der Waals surface area contributed by atoms with Crippen LogP contribution >= 0.6 is 0 Å². The molecule has 1 aromatic heterocycles. The van der Waals surface area contributed by atoms with Gasteiger partial charge in [-0.05, 0) is 37.3 Å². The summed E-state index contributed by atoms with van der Waals surface area (Å²) in [5, 5.41) is 0. The first-order chi connectivity index (χ1) is 9.16. The zero-order valence-corrected chi connectivity index (χ0v) is 11.1. The van der Waals surface area contributed by atoms with E-state index in [1.165, 1.54) is 17.2 Å². The molecule has 0 fully saturated rings. The predicted octanol–water partition coefficient (Wildman–Crippen LogP) is 1.87. The molecule has 0 atom stereocenters. The van der Waals surface area contributed by atoms with Gasteiger partial charge in [0.15, 0.2) is 0 Å². The first kappa shape index (κ1) is 13.3. The van der Waals surface area contributed by atoms with Crippen LogP contribution in [-0.2, 0) is 13.0 Å². The Hall–Kier alpha value is -2.10. The van der Waals surface area contributed by atoms with Gasteiger partial charge in [-0.1, -0.05) is 24.3 Å². The van der Waals surface area contributed by atoms with Crippen LogP contribution in [0.25, 0.3) is 0 Å². The van der Waals surface area contributed by atoms with Gasteiger partial charge in [-0.2, -0.15) is 0 Å². The van der Waals surface area contributed by atoms with Crippen LogP contribution in [0.2, 0.25) is 0 Å². The van der Waals surface area contributed by atoms with E-state index in [9.17, 15) is 9.59 Å². The van der Waals surface area contributed by atoms with E-state index in [1.807, 2.05) is 6.07 Å². The van der Waals surface area contributed by atoms with E-state index in [-0.39, 0.29) is 11.2 Å². The molecule has 100 valence electrons. The zero-order chi connectivity index (χ0) is 13.7. The number of rotatable bonds is 5. The van der Waals surface area contributed by atoms with Crippen molar-refractivity contribution in [2.45, 2.75) is 32.7 Å². The maximum atomic E-state index is 11.5. The molecule has 4 heteroatoms. The fourth-order valence-corrected chi connectivity index (χ4v) is 2.11. The lowest BCUT2D eigenvalue weighted by molar-refractivity contribution is 0.579. The Morgan fingerprint density at radius 2 is 1.89 bits per heavy atom. The third-order valence-corrected chi connectivity index (χ3v) is 3.25. The highest BCUT2D eigenvalue weighted by Crippen LogP contribution is 2.10. The molecule has 2 aromatic rings. The van der Waals surface area contributed by atoms with E-state index < -0.39 is 0 Å². The van der Waals surface area contributed by atoms with Crippen molar-refractivity contribution in [3.05, 3.63) is 68.5 Å². The summed E-state index contributed by atoms with van der Waals surface area (Å²) < 4.78 is 1.54. The highest BCUT2D eigenvalue weighted by Gasteiger charge is 1.99. The monoisotopic (exact) mass is 258 g/mol. The first-order valence-electron chi connectivity index (χ1n) is 6.51. The lowest BCUT2D eigenvalue weighted by atomic mass is 10.0. The van der Waals surface area contributed by atoms with Crippen LogP contribution in [0.3, 0.4) is 0 Å². The summed E-state index contributed by atoms with van der Waals surface area (Å²) in [7, 11) is 0. The van der Waals surface area contributed by atoms with Gasteiger partial charge in [-0.15, -0.1) is 0 Å². The van der Waals surface area contributed by atoms with E-state index in [0.717, 1.165) is 19.3 Å². The minimum atomic E-state index is -0.346. The zero-order valence-electron chi connectivity index (χ0n) is 11.1. The van der Waals surface area contributed by atoms with Gasteiger partial charge in [0.05, 0.1) is 0 Å². The molecule has 0 saturated heterocycles. The average molecular weight is 258 g/mol. The second-order valence-corrected chi connectivity index (χ2v) is 4.69. The van der Waals surface area contributed by atoms with Crippen LogP contribution in [0.4, 0.5) is 0 Å². The summed E-state index contributed by atoms with van der Waals surface area (Å²) in [4.78, 5) is 24.7. The minimum absolute atomic E-state index is 0.330. The second kappa shape index (κ2) is 6.18. The topological polar surface area (TPSA) is 54.9 Å². The quantitative estimate of drug-likeness (QED) is 0.832. The Morgan fingerprint density at radius 3 is 2.63 bits per heavy atom. The molecule has 0 unspecified atom stereocenters. The van der Waals surface area contributed by atoms with Crippen molar-refractivity contribution in [2.75, 3.05) is 0 Å². The molecular formula is C15H18N2O2. The second-order valence-electron chi connectivity index (χ2n) is 4.69. The van der Waals surface area contributed by atoms with Gasteiger partial charge in [0.2, 0.25) is 0 Å². The molecule has 0 bridgehead atoms. The third kappa shape index (κ3) is 3.68. The standard InChI is InChI=1S/C15H18N2O2/c1-12-6-2-3-7-13(12)8-4-5-10-17-11-9-14(18)16-15(17)19/h2-3,6-7,9,11H,4-5,8,10H2,1H3,(H,16,18,19). The number of H-pyrrole nitrogens is 1.